The van der Waals surface area contributed by atoms with Gasteiger partial charge in [-0.3, -0.25) is 24.6 Å². The van der Waals surface area contributed by atoms with Crippen molar-refractivity contribution < 1.29 is 19.5 Å². The highest BCUT2D eigenvalue weighted by molar-refractivity contribution is 5.97. The summed E-state index contributed by atoms with van der Waals surface area (Å²) >= 11 is 0. The van der Waals surface area contributed by atoms with Crippen LogP contribution in [0.2, 0.25) is 0 Å². The van der Waals surface area contributed by atoms with Crippen LogP contribution in [0, 0.1) is 0 Å². The van der Waals surface area contributed by atoms with Gasteiger partial charge in [0.25, 0.3) is 11.5 Å². The fraction of sp³-hybridized carbons (Fsp3) is 0.300. The van der Waals surface area contributed by atoms with Gasteiger partial charge in [0, 0.05) is 30.8 Å². The fourth-order valence-corrected chi connectivity index (χ4v) is 2.94. The Bertz CT molecular complexity index is 1190. The van der Waals surface area contributed by atoms with E-state index in [9.17, 15) is 24.3 Å². The first-order valence-electron chi connectivity index (χ1n) is 10.1. The van der Waals surface area contributed by atoms with Gasteiger partial charge in [0.15, 0.2) is 11.2 Å². The summed E-state index contributed by atoms with van der Waals surface area (Å²) in [6.45, 7) is 0.881. The lowest BCUT2D eigenvalue weighted by Gasteiger charge is -2.15. The topological polar surface area (TPSA) is 208 Å². The molecule has 13 heteroatoms. The number of carboxylic acid groups (broad SMARTS) is 1. The monoisotopic (exact) mass is 456 g/mol. The molecule has 0 fully saturated rings. The molecule has 0 saturated heterocycles. The molecule has 174 valence electrons. The molecule has 0 aliphatic carbocycles. The molecular weight excluding hydrogens is 432 g/mol. The van der Waals surface area contributed by atoms with E-state index in [0.717, 1.165) is 0 Å². The Morgan fingerprint density at radius 2 is 1.91 bits per heavy atom. The van der Waals surface area contributed by atoms with Gasteiger partial charge in [-0.15, -0.1) is 0 Å². The second-order valence-electron chi connectivity index (χ2n) is 7.11. The summed E-state index contributed by atoms with van der Waals surface area (Å²) in [5, 5.41) is 22.4. The maximum Gasteiger partial charge on any atom is 0.326 e. The van der Waals surface area contributed by atoms with Crippen LogP contribution in [0.3, 0.4) is 0 Å². The molecule has 2 aromatic heterocycles. The van der Waals surface area contributed by atoms with Crippen molar-refractivity contribution in [1.29, 1.82) is 0 Å². The van der Waals surface area contributed by atoms with Crippen molar-refractivity contribution in [1.82, 2.24) is 30.8 Å². The van der Waals surface area contributed by atoms with Crippen molar-refractivity contribution in [3.8, 4) is 0 Å². The van der Waals surface area contributed by atoms with Gasteiger partial charge in [-0.05, 0) is 30.7 Å². The van der Waals surface area contributed by atoms with Gasteiger partial charge < -0.3 is 26.8 Å². The summed E-state index contributed by atoms with van der Waals surface area (Å²) < 4.78 is 0. The van der Waals surface area contributed by atoms with Crippen LogP contribution in [0.5, 0.6) is 0 Å². The molecule has 0 spiro atoms. The fourth-order valence-electron chi connectivity index (χ4n) is 2.94. The van der Waals surface area contributed by atoms with E-state index < -0.39 is 17.9 Å². The number of H-pyrrole nitrogens is 2. The zero-order chi connectivity index (χ0) is 23.8. The summed E-state index contributed by atoms with van der Waals surface area (Å²) in [4.78, 5) is 55.5. The van der Waals surface area contributed by atoms with E-state index in [2.05, 4.69) is 36.1 Å². The van der Waals surface area contributed by atoms with Crippen molar-refractivity contribution >= 4 is 34.6 Å². The number of aromatic amines is 2. The SMILES string of the molecule is NCCNC(=O)CC[C@H](NC(=O)c1ccc(NCc2cnc3[nH][nH]c(=O)c3n2)cc1)C(=O)O. The van der Waals surface area contributed by atoms with Gasteiger partial charge in [0.2, 0.25) is 5.91 Å². The second kappa shape index (κ2) is 10.9. The molecule has 1 atom stereocenters. The van der Waals surface area contributed by atoms with E-state index in [1.54, 1.807) is 12.1 Å². The lowest BCUT2D eigenvalue weighted by Crippen LogP contribution is -2.41. The molecule has 2 heterocycles. The largest absolute Gasteiger partial charge is 0.480 e. The summed E-state index contributed by atoms with van der Waals surface area (Å²) in [5.41, 5.74) is 7.03. The van der Waals surface area contributed by atoms with Crippen LogP contribution >= 0.6 is 0 Å². The van der Waals surface area contributed by atoms with E-state index in [1.807, 2.05) is 0 Å². The molecule has 3 aromatic rings. The summed E-state index contributed by atoms with van der Waals surface area (Å²) in [6.07, 6.45) is 1.43. The van der Waals surface area contributed by atoms with Crippen molar-refractivity contribution in [3.63, 3.8) is 0 Å². The molecule has 33 heavy (non-hydrogen) atoms. The summed E-state index contributed by atoms with van der Waals surface area (Å²) in [5.74, 6) is -2.13. The van der Waals surface area contributed by atoms with Gasteiger partial charge >= 0.3 is 5.97 Å². The first kappa shape index (κ1) is 23.4. The molecule has 0 bridgehead atoms. The van der Waals surface area contributed by atoms with Crippen molar-refractivity contribution in [2.24, 2.45) is 5.73 Å². The highest BCUT2D eigenvalue weighted by atomic mass is 16.4. The van der Waals surface area contributed by atoms with Gasteiger partial charge in [-0.1, -0.05) is 0 Å². The van der Waals surface area contributed by atoms with E-state index in [4.69, 9.17) is 5.73 Å². The predicted molar refractivity (Wildman–Crippen MR) is 118 cm³/mol. The van der Waals surface area contributed by atoms with Gasteiger partial charge in [0.05, 0.1) is 18.4 Å². The molecule has 0 aliphatic heterocycles. The first-order chi connectivity index (χ1) is 15.9. The van der Waals surface area contributed by atoms with Crippen LogP contribution < -0.4 is 27.2 Å². The molecule has 0 unspecified atom stereocenters. The molecular formula is C20H24N8O5. The number of nitrogens with zero attached hydrogens (tertiary/aromatic N) is 2. The number of nitrogens with two attached hydrogens (primary N) is 1. The summed E-state index contributed by atoms with van der Waals surface area (Å²) in [6, 6.07) is 5.18. The number of anilines is 1. The number of carbonyl (C=O) groups is 3. The van der Waals surface area contributed by atoms with Crippen LogP contribution in [0.4, 0.5) is 5.69 Å². The van der Waals surface area contributed by atoms with Crippen LogP contribution in [0.1, 0.15) is 28.9 Å². The Kier molecular flexibility index (Phi) is 7.70. The molecule has 8 N–H and O–H groups in total. The predicted octanol–water partition coefficient (Wildman–Crippen LogP) is -0.704. The summed E-state index contributed by atoms with van der Waals surface area (Å²) in [7, 11) is 0. The Balaban J connectivity index is 1.54. The lowest BCUT2D eigenvalue weighted by molar-refractivity contribution is -0.139. The average molecular weight is 456 g/mol. The zero-order valence-corrected chi connectivity index (χ0v) is 17.6. The van der Waals surface area contributed by atoms with E-state index in [0.29, 0.717) is 30.1 Å². The smallest absolute Gasteiger partial charge is 0.326 e. The number of amides is 2. The second-order valence-corrected chi connectivity index (χ2v) is 7.11. The van der Waals surface area contributed by atoms with Crippen LogP contribution in [0.25, 0.3) is 11.2 Å². The average Bonchev–Trinajstić information content (AvgIpc) is 3.19. The number of aromatic nitrogens is 4. The van der Waals surface area contributed by atoms with E-state index >= 15 is 0 Å². The third-order valence-corrected chi connectivity index (χ3v) is 4.68. The number of benzene rings is 1. The number of nitrogens with one attached hydrogen (secondary N) is 5. The highest BCUT2D eigenvalue weighted by Gasteiger charge is 2.21. The number of fused-ring (bicyclic) bond motifs is 1. The number of carboxylic acids is 1. The minimum absolute atomic E-state index is 0.0491. The molecule has 13 nitrogen and oxygen atoms in total. The Labute approximate surface area is 187 Å². The standard InChI is InChI=1S/C20H24N8O5/c21-7-8-22-15(29)6-5-14(20(32)33)26-18(30)11-1-3-12(4-2-11)23-9-13-10-24-17-16(25-13)19(31)28-27-17/h1-4,10,14,23H,5-9,21H2,(H,22,29)(H,26,30)(H,32,33)(H2,24,27,28,31)/t14-/m0/s1. The number of rotatable bonds is 11. The minimum atomic E-state index is -1.23. The Morgan fingerprint density at radius 1 is 1.15 bits per heavy atom. The third kappa shape index (κ3) is 6.36. The van der Waals surface area contributed by atoms with Crippen LogP contribution in [-0.2, 0) is 16.1 Å². The number of hydrogen-bond donors (Lipinski definition) is 7. The van der Waals surface area contributed by atoms with Crippen LogP contribution in [0.15, 0.2) is 35.3 Å². The molecule has 2 amide bonds. The van der Waals surface area contributed by atoms with Gasteiger partial charge in [-0.25, -0.2) is 14.8 Å². The molecule has 3 rings (SSSR count). The Hall–Kier alpha value is -4.26. The third-order valence-electron chi connectivity index (χ3n) is 4.68. The van der Waals surface area contributed by atoms with E-state index in [1.165, 1.54) is 18.3 Å². The van der Waals surface area contributed by atoms with Gasteiger partial charge in [-0.2, -0.15) is 0 Å². The number of hydrogen-bond acceptors (Lipinski definition) is 8. The van der Waals surface area contributed by atoms with Crippen molar-refractivity contribution in [2.45, 2.75) is 25.4 Å². The molecule has 0 radical (unpaired) electrons. The molecule has 1 aromatic carbocycles. The molecule has 0 aliphatic rings. The quantitative estimate of drug-likeness (QED) is 0.194. The minimum Gasteiger partial charge on any atom is -0.480 e. The first-order valence-corrected chi connectivity index (χ1v) is 10.1. The lowest BCUT2D eigenvalue weighted by atomic mass is 10.1. The van der Waals surface area contributed by atoms with E-state index in [-0.39, 0.29) is 41.9 Å². The Morgan fingerprint density at radius 3 is 2.61 bits per heavy atom. The number of carbonyl (C=O) groups excluding carboxylic acids is 2. The zero-order valence-electron chi connectivity index (χ0n) is 17.6. The normalized spacial score (nSPS) is 11.7. The maximum atomic E-state index is 12.4. The van der Waals surface area contributed by atoms with Crippen molar-refractivity contribution in [3.05, 3.63) is 52.1 Å². The molecule has 0 saturated carbocycles. The van der Waals surface area contributed by atoms with Crippen molar-refractivity contribution in [2.75, 3.05) is 18.4 Å². The highest BCUT2D eigenvalue weighted by Crippen LogP contribution is 2.12. The maximum absolute atomic E-state index is 12.4. The number of aliphatic carboxylic acids is 1. The van der Waals surface area contributed by atoms with Gasteiger partial charge in [0.1, 0.15) is 6.04 Å². The van der Waals surface area contributed by atoms with Crippen LogP contribution in [-0.4, -0.2) is 62.2 Å².